The predicted octanol–water partition coefficient (Wildman–Crippen LogP) is 5.90. The van der Waals surface area contributed by atoms with Gasteiger partial charge in [-0.2, -0.15) is 0 Å². The van der Waals surface area contributed by atoms with Gasteiger partial charge in [0.05, 0.1) is 45.1 Å². The molecule has 1 heterocycles. The Bertz CT molecular complexity index is 1270. The molecule has 3 aromatic carbocycles. The Balaban J connectivity index is 1.60. The highest BCUT2D eigenvalue weighted by atomic mass is 32.2. The molecule has 1 unspecified atom stereocenters. The molecule has 4 aromatic rings. The van der Waals surface area contributed by atoms with Crippen molar-refractivity contribution in [1.82, 2.24) is 9.97 Å². The van der Waals surface area contributed by atoms with E-state index in [2.05, 4.69) is 10.3 Å². The van der Waals surface area contributed by atoms with Gasteiger partial charge in [-0.25, -0.2) is 4.98 Å². The molecule has 0 aliphatic rings. The zero-order chi connectivity index (χ0) is 26.4. The molecular formula is C28H29N3O5S. The summed E-state index contributed by atoms with van der Waals surface area (Å²) < 4.78 is 21.2. The first-order valence-electron chi connectivity index (χ1n) is 11.5. The standard InChI is InChI=1S/C28H29N3O5S/c1-17(27(32)29-20-14-23(35-4)16-24(15-20)36-5)37-28-30-25(18-6-10-21(33-2)11-7-18)26(31-28)19-8-12-22(34-3)13-9-19/h6-17H,1-5H3,(H,29,32)(H,30,31). The van der Waals surface area contributed by atoms with Gasteiger partial charge in [0.1, 0.15) is 23.0 Å². The number of H-pyrrole nitrogens is 1. The number of benzene rings is 3. The van der Waals surface area contributed by atoms with E-state index in [-0.39, 0.29) is 5.91 Å². The minimum atomic E-state index is -0.434. The highest BCUT2D eigenvalue weighted by molar-refractivity contribution is 8.00. The smallest absolute Gasteiger partial charge is 0.237 e. The van der Waals surface area contributed by atoms with E-state index in [4.69, 9.17) is 23.9 Å². The monoisotopic (exact) mass is 519 g/mol. The number of hydrogen-bond acceptors (Lipinski definition) is 7. The van der Waals surface area contributed by atoms with Crippen molar-refractivity contribution in [2.75, 3.05) is 33.8 Å². The average molecular weight is 520 g/mol. The van der Waals surface area contributed by atoms with Gasteiger partial charge in [-0.3, -0.25) is 4.79 Å². The fourth-order valence-electron chi connectivity index (χ4n) is 3.68. The first-order chi connectivity index (χ1) is 17.9. The first-order valence-corrected chi connectivity index (χ1v) is 12.4. The number of carbonyl (C=O) groups is 1. The molecule has 0 spiro atoms. The molecule has 9 heteroatoms. The second-order valence-electron chi connectivity index (χ2n) is 8.07. The van der Waals surface area contributed by atoms with E-state index in [1.54, 1.807) is 46.6 Å². The summed E-state index contributed by atoms with van der Waals surface area (Å²) in [5, 5.41) is 3.13. The van der Waals surface area contributed by atoms with E-state index in [9.17, 15) is 4.79 Å². The Morgan fingerprint density at radius 1 is 0.784 bits per heavy atom. The predicted molar refractivity (Wildman–Crippen MR) is 146 cm³/mol. The summed E-state index contributed by atoms with van der Waals surface area (Å²) in [5.41, 5.74) is 4.09. The van der Waals surface area contributed by atoms with E-state index in [0.717, 1.165) is 34.0 Å². The third-order valence-electron chi connectivity index (χ3n) is 5.70. The van der Waals surface area contributed by atoms with Gasteiger partial charge in [-0.1, -0.05) is 11.8 Å². The van der Waals surface area contributed by atoms with Crippen LogP contribution in [0.3, 0.4) is 0 Å². The number of aromatic amines is 1. The molecule has 0 fully saturated rings. The summed E-state index contributed by atoms with van der Waals surface area (Å²) in [4.78, 5) is 21.3. The number of anilines is 1. The average Bonchev–Trinajstić information content (AvgIpc) is 3.36. The molecule has 0 saturated heterocycles. The van der Waals surface area contributed by atoms with Gasteiger partial charge < -0.3 is 29.2 Å². The van der Waals surface area contributed by atoms with E-state index in [1.807, 2.05) is 55.5 Å². The molecule has 37 heavy (non-hydrogen) atoms. The quantitative estimate of drug-likeness (QED) is 0.252. The van der Waals surface area contributed by atoms with Gasteiger partial charge in [0.15, 0.2) is 5.16 Å². The fourth-order valence-corrected chi connectivity index (χ4v) is 4.48. The molecule has 0 saturated carbocycles. The van der Waals surface area contributed by atoms with Crippen LogP contribution in [0.15, 0.2) is 71.9 Å². The molecule has 0 aliphatic carbocycles. The summed E-state index contributed by atoms with van der Waals surface area (Å²) in [7, 11) is 6.40. The third-order valence-corrected chi connectivity index (χ3v) is 6.69. The number of ether oxygens (including phenoxy) is 4. The van der Waals surface area contributed by atoms with Crippen LogP contribution < -0.4 is 24.3 Å². The SMILES string of the molecule is COc1ccc(-c2nc(SC(C)C(=O)Nc3cc(OC)cc(OC)c3)[nH]c2-c2ccc(OC)cc2)cc1. The maximum Gasteiger partial charge on any atom is 0.237 e. The summed E-state index contributed by atoms with van der Waals surface area (Å²) in [5.74, 6) is 2.54. The second-order valence-corrected chi connectivity index (χ2v) is 9.40. The van der Waals surface area contributed by atoms with Gasteiger partial charge in [-0.15, -0.1) is 0 Å². The maximum atomic E-state index is 13.0. The van der Waals surface area contributed by atoms with Crippen molar-refractivity contribution in [3.05, 3.63) is 66.7 Å². The van der Waals surface area contributed by atoms with Gasteiger partial charge in [-0.05, 0) is 55.5 Å². The Morgan fingerprint density at radius 2 is 1.30 bits per heavy atom. The molecule has 1 aromatic heterocycles. The van der Waals surface area contributed by atoms with E-state index >= 15 is 0 Å². The fraction of sp³-hybridized carbons (Fsp3) is 0.214. The van der Waals surface area contributed by atoms with Crippen LogP contribution in [0.25, 0.3) is 22.5 Å². The van der Waals surface area contributed by atoms with Crippen LogP contribution >= 0.6 is 11.8 Å². The molecule has 1 amide bonds. The van der Waals surface area contributed by atoms with E-state index < -0.39 is 5.25 Å². The number of nitrogens with one attached hydrogen (secondary N) is 2. The van der Waals surface area contributed by atoms with Gasteiger partial charge in [0.25, 0.3) is 0 Å². The Kier molecular flexibility index (Phi) is 8.25. The molecule has 0 radical (unpaired) electrons. The number of rotatable bonds is 10. The minimum absolute atomic E-state index is 0.172. The van der Waals surface area contributed by atoms with Crippen LogP contribution in [0.2, 0.25) is 0 Å². The molecule has 8 nitrogen and oxygen atoms in total. The zero-order valence-corrected chi connectivity index (χ0v) is 22.1. The minimum Gasteiger partial charge on any atom is -0.497 e. The van der Waals surface area contributed by atoms with Crippen molar-refractivity contribution < 1.29 is 23.7 Å². The Hall–Kier alpha value is -4.11. The van der Waals surface area contributed by atoms with Gasteiger partial charge in [0, 0.05) is 35.0 Å². The maximum absolute atomic E-state index is 13.0. The lowest BCUT2D eigenvalue weighted by molar-refractivity contribution is -0.115. The number of methoxy groups -OCH3 is 4. The van der Waals surface area contributed by atoms with Crippen molar-refractivity contribution in [2.45, 2.75) is 17.3 Å². The molecule has 0 bridgehead atoms. The van der Waals surface area contributed by atoms with Crippen molar-refractivity contribution in [1.29, 1.82) is 0 Å². The van der Waals surface area contributed by atoms with E-state index in [1.165, 1.54) is 11.8 Å². The summed E-state index contributed by atoms with van der Waals surface area (Å²) in [6.07, 6.45) is 0. The van der Waals surface area contributed by atoms with Crippen molar-refractivity contribution in [3.63, 3.8) is 0 Å². The van der Waals surface area contributed by atoms with Crippen LogP contribution in [0.4, 0.5) is 5.69 Å². The topological polar surface area (TPSA) is 94.7 Å². The Labute approximate surface area is 220 Å². The number of aromatic nitrogens is 2. The van der Waals surface area contributed by atoms with Gasteiger partial charge >= 0.3 is 0 Å². The summed E-state index contributed by atoms with van der Waals surface area (Å²) in [6, 6.07) is 20.7. The van der Waals surface area contributed by atoms with Crippen LogP contribution in [0.5, 0.6) is 23.0 Å². The number of nitrogens with zero attached hydrogens (tertiary/aromatic N) is 1. The normalized spacial score (nSPS) is 11.5. The van der Waals surface area contributed by atoms with Crippen LogP contribution in [-0.2, 0) is 4.79 Å². The lowest BCUT2D eigenvalue weighted by atomic mass is 10.0. The van der Waals surface area contributed by atoms with Crippen LogP contribution in [0.1, 0.15) is 6.92 Å². The molecule has 4 rings (SSSR count). The molecule has 1 atom stereocenters. The van der Waals surface area contributed by atoms with Crippen molar-refractivity contribution in [3.8, 4) is 45.5 Å². The summed E-state index contributed by atoms with van der Waals surface area (Å²) >= 11 is 1.34. The van der Waals surface area contributed by atoms with E-state index in [0.29, 0.717) is 22.3 Å². The lowest BCUT2D eigenvalue weighted by Gasteiger charge is -2.13. The molecular weight excluding hydrogens is 490 g/mol. The number of carbonyl (C=O) groups excluding carboxylic acids is 1. The largest absolute Gasteiger partial charge is 0.497 e. The number of amides is 1. The third kappa shape index (κ3) is 6.18. The Morgan fingerprint density at radius 3 is 1.81 bits per heavy atom. The lowest BCUT2D eigenvalue weighted by Crippen LogP contribution is -2.22. The van der Waals surface area contributed by atoms with Crippen molar-refractivity contribution in [2.24, 2.45) is 0 Å². The van der Waals surface area contributed by atoms with Crippen LogP contribution in [0, 0.1) is 0 Å². The summed E-state index contributed by atoms with van der Waals surface area (Å²) in [6.45, 7) is 1.83. The first kappa shape index (κ1) is 26.0. The highest BCUT2D eigenvalue weighted by Gasteiger charge is 2.21. The molecule has 192 valence electrons. The highest BCUT2D eigenvalue weighted by Crippen LogP contribution is 2.35. The molecule has 2 N–H and O–H groups in total. The van der Waals surface area contributed by atoms with Crippen molar-refractivity contribution >= 4 is 23.4 Å². The van der Waals surface area contributed by atoms with Gasteiger partial charge in [0.2, 0.25) is 5.91 Å². The number of imidazole rings is 1. The number of hydrogen-bond donors (Lipinski definition) is 2. The number of thioether (sulfide) groups is 1. The zero-order valence-electron chi connectivity index (χ0n) is 21.3. The second kappa shape index (κ2) is 11.7. The molecule has 0 aliphatic heterocycles. The van der Waals surface area contributed by atoms with Crippen LogP contribution in [-0.4, -0.2) is 49.6 Å².